The van der Waals surface area contributed by atoms with Gasteiger partial charge in [-0.1, -0.05) is 0 Å². The maximum atomic E-state index is 11.2. The van der Waals surface area contributed by atoms with Crippen LogP contribution in [0.4, 0.5) is 0 Å². The molecule has 4 heteroatoms. The van der Waals surface area contributed by atoms with Crippen molar-refractivity contribution in [2.75, 3.05) is 5.75 Å². The van der Waals surface area contributed by atoms with Crippen LogP contribution >= 0.6 is 11.8 Å². The van der Waals surface area contributed by atoms with Crippen LogP contribution in [-0.4, -0.2) is 15.7 Å². The summed E-state index contributed by atoms with van der Waals surface area (Å²) in [5.74, 6) is 1.71. The summed E-state index contributed by atoms with van der Waals surface area (Å²) < 4.78 is 0. The highest BCUT2D eigenvalue weighted by molar-refractivity contribution is 7.99. The fraction of sp³-hybridized carbons (Fsp3) is 0.429. The Balaban J connectivity index is 2.70. The Morgan fingerprint density at radius 2 is 2.45 bits per heavy atom. The van der Waals surface area contributed by atoms with E-state index < -0.39 is 0 Å². The molecule has 1 aromatic rings. The zero-order valence-corrected chi connectivity index (χ0v) is 6.99. The minimum Gasteiger partial charge on any atom is -0.310 e. The summed E-state index contributed by atoms with van der Waals surface area (Å²) in [6.45, 7) is 1.81. The summed E-state index contributed by atoms with van der Waals surface area (Å²) in [4.78, 5) is 18.1. The first-order valence-electron chi connectivity index (χ1n) is 3.50. The molecule has 58 valence electrons. The van der Waals surface area contributed by atoms with Crippen LogP contribution in [0.15, 0.2) is 9.82 Å². The highest BCUT2D eigenvalue weighted by atomic mass is 32.2. The average Bonchev–Trinajstić information content (AvgIpc) is 2.34. The molecule has 0 spiro atoms. The fourth-order valence-corrected chi connectivity index (χ4v) is 2.24. The van der Waals surface area contributed by atoms with E-state index in [0.717, 1.165) is 22.8 Å². The second-order valence-electron chi connectivity index (χ2n) is 2.53. The SMILES string of the molecule is Cc1nc2c(c(=O)[nH]1)CCS2. The van der Waals surface area contributed by atoms with Gasteiger partial charge in [-0.15, -0.1) is 11.8 Å². The van der Waals surface area contributed by atoms with Crippen molar-refractivity contribution in [1.82, 2.24) is 9.97 Å². The minimum atomic E-state index is 0.0394. The predicted molar refractivity (Wildman–Crippen MR) is 44.0 cm³/mol. The average molecular weight is 168 g/mol. The van der Waals surface area contributed by atoms with Crippen LogP contribution < -0.4 is 5.56 Å². The number of hydrogen-bond donors (Lipinski definition) is 1. The summed E-state index contributed by atoms with van der Waals surface area (Å²) in [6.07, 6.45) is 0.864. The summed E-state index contributed by atoms with van der Waals surface area (Å²) in [5.41, 5.74) is 0.901. The lowest BCUT2D eigenvalue weighted by molar-refractivity contribution is 0.896. The third kappa shape index (κ3) is 1.07. The molecule has 0 fully saturated rings. The van der Waals surface area contributed by atoms with Gasteiger partial charge in [0.2, 0.25) is 0 Å². The Morgan fingerprint density at radius 1 is 1.64 bits per heavy atom. The van der Waals surface area contributed by atoms with Gasteiger partial charge in [-0.05, 0) is 13.3 Å². The van der Waals surface area contributed by atoms with E-state index in [0.29, 0.717) is 5.82 Å². The number of nitrogens with zero attached hydrogens (tertiary/aromatic N) is 1. The lowest BCUT2D eigenvalue weighted by Gasteiger charge is -1.96. The first kappa shape index (κ1) is 6.91. The van der Waals surface area contributed by atoms with Gasteiger partial charge in [0, 0.05) is 5.75 Å². The van der Waals surface area contributed by atoms with E-state index in [1.54, 1.807) is 18.7 Å². The number of fused-ring (bicyclic) bond motifs is 1. The lowest BCUT2D eigenvalue weighted by atomic mass is 10.3. The van der Waals surface area contributed by atoms with Gasteiger partial charge in [0.1, 0.15) is 10.9 Å². The predicted octanol–water partition coefficient (Wildman–Crippen LogP) is 0.727. The first-order chi connectivity index (χ1) is 5.27. The van der Waals surface area contributed by atoms with Gasteiger partial charge in [-0.25, -0.2) is 4.98 Å². The molecule has 0 bridgehead atoms. The normalized spacial score (nSPS) is 15.0. The van der Waals surface area contributed by atoms with Gasteiger partial charge in [0.05, 0.1) is 5.56 Å². The van der Waals surface area contributed by atoms with E-state index in [-0.39, 0.29) is 5.56 Å². The van der Waals surface area contributed by atoms with Gasteiger partial charge in [-0.3, -0.25) is 4.79 Å². The topological polar surface area (TPSA) is 45.8 Å². The molecule has 2 rings (SSSR count). The molecular formula is C7H8N2OS. The van der Waals surface area contributed by atoms with E-state index >= 15 is 0 Å². The molecule has 0 aliphatic carbocycles. The van der Waals surface area contributed by atoms with Crippen LogP contribution in [0, 0.1) is 6.92 Å². The second kappa shape index (κ2) is 2.37. The number of thioether (sulfide) groups is 1. The van der Waals surface area contributed by atoms with Crippen molar-refractivity contribution < 1.29 is 0 Å². The molecule has 0 saturated heterocycles. The molecule has 3 nitrogen and oxygen atoms in total. The molecule has 11 heavy (non-hydrogen) atoms. The smallest absolute Gasteiger partial charge is 0.255 e. The van der Waals surface area contributed by atoms with Crippen molar-refractivity contribution >= 4 is 11.8 Å². The Labute approximate surface area is 68.2 Å². The number of rotatable bonds is 0. The summed E-state index contributed by atoms with van der Waals surface area (Å²) in [6, 6.07) is 0. The van der Waals surface area contributed by atoms with Gasteiger partial charge in [-0.2, -0.15) is 0 Å². The molecule has 2 heterocycles. The molecule has 0 atom stereocenters. The first-order valence-corrected chi connectivity index (χ1v) is 4.48. The summed E-state index contributed by atoms with van der Waals surface area (Å²) >= 11 is 1.67. The van der Waals surface area contributed by atoms with Crippen molar-refractivity contribution in [1.29, 1.82) is 0 Å². The second-order valence-corrected chi connectivity index (χ2v) is 3.62. The van der Waals surface area contributed by atoms with Crippen LogP contribution in [0.2, 0.25) is 0 Å². The van der Waals surface area contributed by atoms with Crippen molar-refractivity contribution in [3.63, 3.8) is 0 Å². The van der Waals surface area contributed by atoms with Crippen LogP contribution in [0.25, 0.3) is 0 Å². The van der Waals surface area contributed by atoms with Crippen LogP contribution in [-0.2, 0) is 6.42 Å². The third-order valence-electron chi connectivity index (χ3n) is 1.69. The minimum absolute atomic E-state index is 0.0394. The molecule has 1 N–H and O–H groups in total. The van der Waals surface area contributed by atoms with Crippen LogP contribution in [0.5, 0.6) is 0 Å². The van der Waals surface area contributed by atoms with Crippen molar-refractivity contribution in [3.05, 3.63) is 21.7 Å². The number of H-pyrrole nitrogens is 1. The zero-order valence-electron chi connectivity index (χ0n) is 6.18. The quantitative estimate of drug-likeness (QED) is 0.581. The van der Waals surface area contributed by atoms with E-state index in [1.165, 1.54) is 0 Å². The van der Waals surface area contributed by atoms with E-state index in [9.17, 15) is 4.79 Å². The van der Waals surface area contributed by atoms with Crippen molar-refractivity contribution in [2.24, 2.45) is 0 Å². The monoisotopic (exact) mass is 168 g/mol. The molecule has 0 saturated carbocycles. The molecule has 1 aromatic heterocycles. The van der Waals surface area contributed by atoms with Crippen LogP contribution in [0.1, 0.15) is 11.4 Å². The molecule has 0 unspecified atom stereocenters. The standard InChI is InChI=1S/C7H8N2OS/c1-4-8-6(10)5-2-3-11-7(5)9-4/h2-3H2,1H3,(H,8,9,10). The number of hydrogen-bond acceptors (Lipinski definition) is 3. The highest BCUT2D eigenvalue weighted by Crippen LogP contribution is 2.25. The lowest BCUT2D eigenvalue weighted by Crippen LogP contribution is -2.14. The number of nitrogens with one attached hydrogen (secondary N) is 1. The van der Waals surface area contributed by atoms with E-state index in [4.69, 9.17) is 0 Å². The van der Waals surface area contributed by atoms with Gasteiger partial charge < -0.3 is 4.98 Å². The van der Waals surface area contributed by atoms with Crippen molar-refractivity contribution in [2.45, 2.75) is 18.4 Å². The number of aromatic amines is 1. The molecule has 0 aromatic carbocycles. The Morgan fingerprint density at radius 3 is 3.27 bits per heavy atom. The number of aryl methyl sites for hydroxylation is 1. The fourth-order valence-electron chi connectivity index (χ4n) is 1.17. The van der Waals surface area contributed by atoms with Gasteiger partial charge in [0.25, 0.3) is 5.56 Å². The van der Waals surface area contributed by atoms with Crippen LogP contribution in [0.3, 0.4) is 0 Å². The maximum absolute atomic E-state index is 11.2. The molecule has 0 radical (unpaired) electrons. The Kier molecular flexibility index (Phi) is 1.49. The number of aromatic nitrogens is 2. The largest absolute Gasteiger partial charge is 0.310 e. The molecule has 1 aliphatic heterocycles. The zero-order chi connectivity index (χ0) is 7.84. The van der Waals surface area contributed by atoms with Crippen molar-refractivity contribution in [3.8, 4) is 0 Å². The molecular weight excluding hydrogens is 160 g/mol. The summed E-state index contributed by atoms with van der Waals surface area (Å²) in [7, 11) is 0. The highest BCUT2D eigenvalue weighted by Gasteiger charge is 2.16. The molecule has 1 aliphatic rings. The Hall–Kier alpha value is -0.770. The van der Waals surface area contributed by atoms with Gasteiger partial charge in [0.15, 0.2) is 0 Å². The Bertz CT molecular complexity index is 345. The summed E-state index contributed by atoms with van der Waals surface area (Å²) in [5, 5.41) is 0.922. The third-order valence-corrected chi connectivity index (χ3v) is 2.71. The van der Waals surface area contributed by atoms with E-state index in [2.05, 4.69) is 9.97 Å². The molecule has 0 amide bonds. The van der Waals surface area contributed by atoms with Gasteiger partial charge >= 0.3 is 0 Å². The van der Waals surface area contributed by atoms with E-state index in [1.807, 2.05) is 0 Å². The maximum Gasteiger partial charge on any atom is 0.255 e.